The maximum Gasteiger partial charge on any atom is 0.0585 e. The molecule has 0 aromatic carbocycles. The predicted molar refractivity (Wildman–Crippen MR) is 79.4 cm³/mol. The topological polar surface area (TPSA) is 38.7 Å². The van der Waals surface area contributed by atoms with Crippen molar-refractivity contribution in [3.8, 4) is 0 Å². The van der Waals surface area contributed by atoms with Crippen LogP contribution in [0.5, 0.6) is 0 Å². The third-order valence-corrected chi connectivity index (χ3v) is 4.53. The molecule has 0 spiro atoms. The highest BCUT2D eigenvalue weighted by atomic mass is 16.3. The summed E-state index contributed by atoms with van der Waals surface area (Å²) in [6, 6.07) is 1.67. The summed E-state index contributed by atoms with van der Waals surface area (Å²) in [7, 11) is 2.23. The molecule has 2 rings (SSSR count). The fourth-order valence-electron chi connectivity index (χ4n) is 3.11. The van der Waals surface area contributed by atoms with E-state index in [9.17, 15) is 5.11 Å². The van der Waals surface area contributed by atoms with Crippen molar-refractivity contribution in [1.82, 2.24) is 15.1 Å². The maximum atomic E-state index is 9.46. The molecule has 19 heavy (non-hydrogen) atoms. The average molecular weight is 269 g/mol. The van der Waals surface area contributed by atoms with Gasteiger partial charge in [0, 0.05) is 31.2 Å². The van der Waals surface area contributed by atoms with E-state index < -0.39 is 0 Å². The molecule has 4 heteroatoms. The van der Waals surface area contributed by atoms with Crippen LogP contribution in [-0.2, 0) is 0 Å². The van der Waals surface area contributed by atoms with Gasteiger partial charge in [0.15, 0.2) is 0 Å². The molecule has 1 heterocycles. The van der Waals surface area contributed by atoms with E-state index in [1.807, 2.05) is 0 Å². The van der Waals surface area contributed by atoms with Crippen LogP contribution >= 0.6 is 0 Å². The molecule has 1 aliphatic heterocycles. The molecule has 1 saturated carbocycles. The first-order valence-corrected chi connectivity index (χ1v) is 8.02. The maximum absolute atomic E-state index is 9.46. The molecule has 4 nitrogen and oxygen atoms in total. The van der Waals surface area contributed by atoms with Gasteiger partial charge in [0.1, 0.15) is 0 Å². The third-order valence-electron chi connectivity index (χ3n) is 4.53. The van der Waals surface area contributed by atoms with E-state index in [0.29, 0.717) is 18.1 Å². The summed E-state index contributed by atoms with van der Waals surface area (Å²) in [4.78, 5) is 5.10. The van der Waals surface area contributed by atoms with Crippen LogP contribution in [0.25, 0.3) is 0 Å². The molecule has 0 bridgehead atoms. The van der Waals surface area contributed by atoms with Gasteiger partial charge in [-0.2, -0.15) is 0 Å². The van der Waals surface area contributed by atoms with Crippen LogP contribution in [-0.4, -0.2) is 72.9 Å². The molecule has 0 aromatic heterocycles. The lowest BCUT2D eigenvalue weighted by Crippen LogP contribution is -2.43. The number of aliphatic hydroxyl groups excluding tert-OH is 1. The van der Waals surface area contributed by atoms with E-state index in [1.54, 1.807) is 0 Å². The molecule has 2 atom stereocenters. The van der Waals surface area contributed by atoms with E-state index in [4.69, 9.17) is 0 Å². The average Bonchev–Trinajstić information content (AvgIpc) is 3.22. The van der Waals surface area contributed by atoms with Crippen LogP contribution in [0.15, 0.2) is 0 Å². The summed E-state index contributed by atoms with van der Waals surface area (Å²) >= 11 is 0. The summed E-state index contributed by atoms with van der Waals surface area (Å²) in [5.74, 6) is 0. The lowest BCUT2D eigenvalue weighted by atomic mass is 10.1. The molecule has 1 saturated heterocycles. The van der Waals surface area contributed by atoms with Gasteiger partial charge in [-0.05, 0) is 52.2 Å². The molecule has 0 amide bonds. The van der Waals surface area contributed by atoms with Crippen LogP contribution in [0.4, 0.5) is 0 Å². The van der Waals surface area contributed by atoms with Gasteiger partial charge in [0.25, 0.3) is 0 Å². The molecule has 1 aliphatic carbocycles. The minimum absolute atomic E-state index is 0.279. The number of hydrogen-bond donors (Lipinski definition) is 2. The number of hydrogen-bond acceptors (Lipinski definition) is 4. The summed E-state index contributed by atoms with van der Waals surface area (Å²) in [6.45, 7) is 7.32. The minimum Gasteiger partial charge on any atom is -0.395 e. The third kappa shape index (κ3) is 5.03. The smallest absolute Gasteiger partial charge is 0.0585 e. The summed E-state index contributed by atoms with van der Waals surface area (Å²) < 4.78 is 0. The molecule has 2 N–H and O–H groups in total. The van der Waals surface area contributed by atoms with Crippen molar-refractivity contribution < 1.29 is 5.11 Å². The van der Waals surface area contributed by atoms with Gasteiger partial charge >= 0.3 is 0 Å². The summed E-state index contributed by atoms with van der Waals surface area (Å²) in [5, 5.41) is 13.0. The van der Waals surface area contributed by atoms with Gasteiger partial charge in [-0.1, -0.05) is 6.92 Å². The SMILES string of the molecule is CCC1CN(C)CCCN1CCC(CO)NC1CC1. The number of nitrogens with zero attached hydrogens (tertiary/aromatic N) is 2. The zero-order chi connectivity index (χ0) is 13.7. The Labute approximate surface area is 118 Å². The molecule has 2 aliphatic rings. The zero-order valence-corrected chi connectivity index (χ0v) is 12.6. The monoisotopic (exact) mass is 269 g/mol. The van der Waals surface area contributed by atoms with E-state index in [0.717, 1.165) is 13.0 Å². The Morgan fingerprint density at radius 1 is 1.32 bits per heavy atom. The van der Waals surface area contributed by atoms with Crippen molar-refractivity contribution in [2.24, 2.45) is 0 Å². The highest BCUT2D eigenvalue weighted by molar-refractivity contribution is 4.86. The molecular weight excluding hydrogens is 238 g/mol. The second kappa shape index (κ2) is 7.58. The van der Waals surface area contributed by atoms with Crippen molar-refractivity contribution in [1.29, 1.82) is 0 Å². The molecule has 2 fully saturated rings. The first kappa shape index (κ1) is 15.2. The Morgan fingerprint density at radius 2 is 2.11 bits per heavy atom. The van der Waals surface area contributed by atoms with Crippen LogP contribution in [0.2, 0.25) is 0 Å². The van der Waals surface area contributed by atoms with Gasteiger partial charge in [0.05, 0.1) is 6.61 Å². The highest BCUT2D eigenvalue weighted by Crippen LogP contribution is 2.20. The number of aliphatic hydroxyl groups is 1. The Morgan fingerprint density at radius 3 is 2.74 bits per heavy atom. The van der Waals surface area contributed by atoms with Gasteiger partial charge in [-0.3, -0.25) is 4.90 Å². The standard InChI is InChI=1S/C15H31N3O/c1-3-15-11-17(2)8-4-9-18(15)10-7-14(12-19)16-13-5-6-13/h13-16,19H,3-12H2,1-2H3. The number of rotatable bonds is 7. The molecular formula is C15H31N3O. The van der Waals surface area contributed by atoms with E-state index in [-0.39, 0.29) is 6.61 Å². The minimum atomic E-state index is 0.279. The second-order valence-corrected chi connectivity index (χ2v) is 6.32. The Balaban J connectivity index is 1.77. The highest BCUT2D eigenvalue weighted by Gasteiger charge is 2.26. The summed E-state index contributed by atoms with van der Waals surface area (Å²) in [5.41, 5.74) is 0. The normalized spacial score (nSPS) is 28.3. The van der Waals surface area contributed by atoms with Gasteiger partial charge in [-0.25, -0.2) is 0 Å². The van der Waals surface area contributed by atoms with Gasteiger partial charge < -0.3 is 15.3 Å². The van der Waals surface area contributed by atoms with Crippen LogP contribution < -0.4 is 5.32 Å². The largest absolute Gasteiger partial charge is 0.395 e. The quantitative estimate of drug-likeness (QED) is 0.720. The lowest BCUT2D eigenvalue weighted by Gasteiger charge is -2.31. The fourth-order valence-corrected chi connectivity index (χ4v) is 3.11. The van der Waals surface area contributed by atoms with E-state index in [2.05, 4.69) is 29.1 Å². The fraction of sp³-hybridized carbons (Fsp3) is 1.00. The Kier molecular flexibility index (Phi) is 6.07. The van der Waals surface area contributed by atoms with Crippen LogP contribution in [0, 0.1) is 0 Å². The Hall–Kier alpha value is -0.160. The van der Waals surface area contributed by atoms with Crippen molar-refractivity contribution in [3.63, 3.8) is 0 Å². The number of nitrogens with one attached hydrogen (secondary N) is 1. The number of likely N-dealkylation sites (N-methyl/N-ethyl adjacent to an activating group) is 1. The predicted octanol–water partition coefficient (Wildman–Crippen LogP) is 0.906. The zero-order valence-electron chi connectivity index (χ0n) is 12.6. The second-order valence-electron chi connectivity index (χ2n) is 6.32. The van der Waals surface area contributed by atoms with E-state index in [1.165, 1.54) is 45.3 Å². The molecule has 112 valence electrons. The Bertz CT molecular complexity index is 258. The lowest BCUT2D eigenvalue weighted by molar-refractivity contribution is 0.161. The first-order valence-electron chi connectivity index (χ1n) is 8.02. The van der Waals surface area contributed by atoms with Crippen molar-refractivity contribution >= 4 is 0 Å². The van der Waals surface area contributed by atoms with Gasteiger partial charge in [-0.15, -0.1) is 0 Å². The van der Waals surface area contributed by atoms with Crippen LogP contribution in [0.1, 0.15) is 39.0 Å². The summed E-state index contributed by atoms with van der Waals surface area (Å²) in [6.07, 6.45) is 6.16. The van der Waals surface area contributed by atoms with Gasteiger partial charge in [0.2, 0.25) is 0 Å². The molecule has 0 aromatic rings. The molecule has 0 radical (unpaired) electrons. The van der Waals surface area contributed by atoms with Crippen LogP contribution in [0.3, 0.4) is 0 Å². The molecule has 2 unspecified atom stereocenters. The van der Waals surface area contributed by atoms with Crippen molar-refractivity contribution in [2.45, 2.75) is 57.2 Å². The van der Waals surface area contributed by atoms with Crippen molar-refractivity contribution in [3.05, 3.63) is 0 Å². The van der Waals surface area contributed by atoms with Crippen molar-refractivity contribution in [2.75, 3.05) is 39.8 Å². The van der Waals surface area contributed by atoms with E-state index >= 15 is 0 Å². The first-order chi connectivity index (χ1) is 9.22.